The summed E-state index contributed by atoms with van der Waals surface area (Å²) in [5.41, 5.74) is 3.15. The number of para-hydroxylation sites is 1. The van der Waals surface area contributed by atoms with Crippen molar-refractivity contribution in [3.8, 4) is 5.69 Å². The summed E-state index contributed by atoms with van der Waals surface area (Å²) < 4.78 is 1.81. The van der Waals surface area contributed by atoms with Crippen molar-refractivity contribution < 1.29 is 9.72 Å². The maximum absolute atomic E-state index is 12.9. The van der Waals surface area contributed by atoms with Crippen LogP contribution in [0.3, 0.4) is 0 Å². The highest BCUT2D eigenvalue weighted by Gasteiger charge is 2.33. The van der Waals surface area contributed by atoms with Crippen LogP contribution in [0.2, 0.25) is 0 Å². The molecule has 4 rings (SSSR count). The molecule has 0 bridgehead atoms. The zero-order valence-electron chi connectivity index (χ0n) is 14.8. The lowest BCUT2D eigenvalue weighted by molar-refractivity contribution is -0.385. The Labute approximate surface area is 155 Å². The SMILES string of the molecule is Cc1c(NC(=O)c2cnn(-c3ccccc3)c2C2CC2)cccc1[N+](=O)[O-]. The molecule has 1 amide bonds. The minimum atomic E-state index is -0.450. The van der Waals surface area contributed by atoms with Gasteiger partial charge in [-0.15, -0.1) is 0 Å². The zero-order chi connectivity index (χ0) is 19.0. The van der Waals surface area contributed by atoms with Gasteiger partial charge in [0.15, 0.2) is 0 Å². The summed E-state index contributed by atoms with van der Waals surface area (Å²) >= 11 is 0. The molecule has 2 aromatic carbocycles. The van der Waals surface area contributed by atoms with Gasteiger partial charge in [-0.2, -0.15) is 5.10 Å². The van der Waals surface area contributed by atoms with Crippen molar-refractivity contribution >= 4 is 17.3 Å². The number of carbonyl (C=O) groups excluding carboxylic acids is 1. The number of nitro benzene ring substituents is 1. The van der Waals surface area contributed by atoms with Gasteiger partial charge in [0.2, 0.25) is 0 Å². The predicted octanol–water partition coefficient (Wildman–Crippen LogP) is 4.22. The molecule has 0 saturated heterocycles. The van der Waals surface area contributed by atoms with E-state index in [-0.39, 0.29) is 11.6 Å². The van der Waals surface area contributed by atoms with Crippen LogP contribution in [-0.4, -0.2) is 20.6 Å². The number of nitrogens with one attached hydrogen (secondary N) is 1. The molecule has 1 aliphatic rings. The molecule has 136 valence electrons. The first-order valence-corrected chi connectivity index (χ1v) is 8.75. The van der Waals surface area contributed by atoms with E-state index in [1.807, 2.05) is 35.0 Å². The van der Waals surface area contributed by atoms with Gasteiger partial charge in [-0.05, 0) is 38.0 Å². The molecule has 7 nitrogen and oxygen atoms in total. The number of hydrogen-bond donors (Lipinski definition) is 1. The number of nitro groups is 1. The smallest absolute Gasteiger partial charge is 0.274 e. The van der Waals surface area contributed by atoms with E-state index in [2.05, 4.69) is 10.4 Å². The normalized spacial score (nSPS) is 13.4. The number of carbonyl (C=O) groups is 1. The third kappa shape index (κ3) is 3.19. The second-order valence-corrected chi connectivity index (χ2v) is 6.63. The zero-order valence-corrected chi connectivity index (χ0v) is 14.8. The van der Waals surface area contributed by atoms with E-state index >= 15 is 0 Å². The van der Waals surface area contributed by atoms with E-state index in [0.29, 0.717) is 22.7 Å². The van der Waals surface area contributed by atoms with Gasteiger partial charge in [0, 0.05) is 12.0 Å². The van der Waals surface area contributed by atoms with Crippen molar-refractivity contribution in [2.75, 3.05) is 5.32 Å². The van der Waals surface area contributed by atoms with Crippen LogP contribution in [0, 0.1) is 17.0 Å². The molecule has 1 saturated carbocycles. The number of anilines is 1. The highest BCUT2D eigenvalue weighted by atomic mass is 16.6. The summed E-state index contributed by atoms with van der Waals surface area (Å²) in [6.07, 6.45) is 3.62. The van der Waals surface area contributed by atoms with Crippen LogP contribution in [0.1, 0.15) is 40.4 Å². The molecule has 0 atom stereocenters. The standard InChI is InChI=1S/C20H18N4O3/c1-13-17(8-5-9-18(13)24(26)27)22-20(25)16-12-21-23(19(16)14-10-11-14)15-6-3-2-4-7-15/h2-9,12,14H,10-11H2,1H3,(H,22,25). The Balaban J connectivity index is 1.69. The number of hydrogen-bond acceptors (Lipinski definition) is 4. The van der Waals surface area contributed by atoms with E-state index in [4.69, 9.17) is 0 Å². The maximum Gasteiger partial charge on any atom is 0.274 e. The van der Waals surface area contributed by atoms with Crippen molar-refractivity contribution in [1.29, 1.82) is 0 Å². The molecular weight excluding hydrogens is 344 g/mol. The number of rotatable bonds is 5. The fraction of sp³-hybridized carbons (Fsp3) is 0.200. The first kappa shape index (κ1) is 17.0. The molecule has 1 aliphatic carbocycles. The molecule has 3 aromatic rings. The minimum absolute atomic E-state index is 0.0183. The molecule has 27 heavy (non-hydrogen) atoms. The molecule has 7 heteroatoms. The van der Waals surface area contributed by atoms with E-state index in [9.17, 15) is 14.9 Å². The lowest BCUT2D eigenvalue weighted by atomic mass is 10.1. The molecular formula is C20H18N4O3. The Morgan fingerprint density at radius 1 is 1.19 bits per heavy atom. The second kappa shape index (κ2) is 6.68. The highest BCUT2D eigenvalue weighted by Crippen LogP contribution is 2.42. The quantitative estimate of drug-likeness (QED) is 0.543. The molecule has 0 radical (unpaired) electrons. The minimum Gasteiger partial charge on any atom is -0.321 e. The number of nitrogens with zero attached hydrogens (tertiary/aromatic N) is 3. The third-order valence-corrected chi connectivity index (χ3v) is 4.77. The number of aromatic nitrogens is 2. The largest absolute Gasteiger partial charge is 0.321 e. The lowest BCUT2D eigenvalue weighted by Crippen LogP contribution is -2.15. The number of amides is 1. The summed E-state index contributed by atoms with van der Waals surface area (Å²) in [7, 11) is 0. The van der Waals surface area contributed by atoms with Gasteiger partial charge < -0.3 is 5.32 Å². The van der Waals surface area contributed by atoms with Crippen molar-refractivity contribution in [2.45, 2.75) is 25.7 Å². The van der Waals surface area contributed by atoms with Crippen LogP contribution in [0.15, 0.2) is 54.7 Å². The molecule has 0 spiro atoms. The van der Waals surface area contributed by atoms with E-state index < -0.39 is 4.92 Å². The lowest BCUT2D eigenvalue weighted by Gasteiger charge is -2.11. The van der Waals surface area contributed by atoms with Gasteiger partial charge in [-0.3, -0.25) is 14.9 Å². The van der Waals surface area contributed by atoms with Crippen LogP contribution in [0.5, 0.6) is 0 Å². The first-order chi connectivity index (χ1) is 13.1. The van der Waals surface area contributed by atoms with Crippen LogP contribution in [0.25, 0.3) is 5.69 Å². The Bertz CT molecular complexity index is 1020. The van der Waals surface area contributed by atoms with E-state index in [0.717, 1.165) is 24.2 Å². The fourth-order valence-corrected chi connectivity index (χ4v) is 3.20. The van der Waals surface area contributed by atoms with Gasteiger partial charge in [-0.25, -0.2) is 4.68 Å². The average molecular weight is 362 g/mol. The molecule has 0 unspecified atom stereocenters. The molecule has 0 aliphatic heterocycles. The maximum atomic E-state index is 12.9. The summed E-state index contributed by atoms with van der Waals surface area (Å²) in [4.78, 5) is 23.6. The molecule has 1 fully saturated rings. The monoisotopic (exact) mass is 362 g/mol. The van der Waals surface area contributed by atoms with Gasteiger partial charge in [-0.1, -0.05) is 24.3 Å². The Kier molecular flexibility index (Phi) is 4.19. The summed E-state index contributed by atoms with van der Waals surface area (Å²) in [5.74, 6) is 0.00217. The highest BCUT2D eigenvalue weighted by molar-refractivity contribution is 6.05. The van der Waals surface area contributed by atoms with Crippen LogP contribution >= 0.6 is 0 Å². The predicted molar refractivity (Wildman–Crippen MR) is 101 cm³/mol. The molecule has 1 aromatic heterocycles. The van der Waals surface area contributed by atoms with Gasteiger partial charge in [0.05, 0.1) is 39.3 Å². The van der Waals surface area contributed by atoms with Crippen molar-refractivity contribution in [1.82, 2.24) is 9.78 Å². The fourth-order valence-electron chi connectivity index (χ4n) is 3.20. The van der Waals surface area contributed by atoms with Crippen LogP contribution in [0.4, 0.5) is 11.4 Å². The van der Waals surface area contributed by atoms with Crippen LogP contribution < -0.4 is 5.32 Å². The van der Waals surface area contributed by atoms with Gasteiger partial charge in [0.25, 0.3) is 11.6 Å². The first-order valence-electron chi connectivity index (χ1n) is 8.75. The van der Waals surface area contributed by atoms with E-state index in [1.54, 1.807) is 25.3 Å². The summed E-state index contributed by atoms with van der Waals surface area (Å²) in [5, 5.41) is 18.4. The number of benzene rings is 2. The van der Waals surface area contributed by atoms with Crippen molar-refractivity contribution in [3.05, 3.63) is 81.7 Å². The molecule has 1 heterocycles. The second-order valence-electron chi connectivity index (χ2n) is 6.63. The Morgan fingerprint density at radius 3 is 2.59 bits per heavy atom. The average Bonchev–Trinajstić information content (AvgIpc) is 3.41. The Morgan fingerprint density at radius 2 is 1.93 bits per heavy atom. The van der Waals surface area contributed by atoms with Crippen molar-refractivity contribution in [2.24, 2.45) is 0 Å². The van der Waals surface area contributed by atoms with Gasteiger partial charge >= 0.3 is 0 Å². The Hall–Kier alpha value is -3.48. The molecule has 1 N–H and O–H groups in total. The van der Waals surface area contributed by atoms with Crippen molar-refractivity contribution in [3.63, 3.8) is 0 Å². The summed E-state index contributed by atoms with van der Waals surface area (Å²) in [6, 6.07) is 14.3. The third-order valence-electron chi connectivity index (χ3n) is 4.77. The summed E-state index contributed by atoms with van der Waals surface area (Å²) in [6.45, 7) is 1.63. The van der Waals surface area contributed by atoms with Gasteiger partial charge in [0.1, 0.15) is 0 Å². The topological polar surface area (TPSA) is 90.1 Å². The van der Waals surface area contributed by atoms with E-state index in [1.165, 1.54) is 6.07 Å². The van der Waals surface area contributed by atoms with Crippen LogP contribution in [-0.2, 0) is 0 Å².